The molecule has 0 saturated heterocycles. The molecular formula is C20H28N4OS. The maximum absolute atomic E-state index is 12.8. The Kier molecular flexibility index (Phi) is 6.72. The fraction of sp³-hybridized carbons (Fsp3) is 0.550. The Labute approximate surface area is 160 Å². The number of carbonyl (C=O) groups excluding carboxylic acids is 1. The lowest BCUT2D eigenvalue weighted by Gasteiger charge is -2.23. The second-order valence-corrected chi connectivity index (χ2v) is 8.24. The highest BCUT2D eigenvalue weighted by molar-refractivity contribution is 8.00. The number of hydrogen-bond acceptors (Lipinski definition) is 4. The normalized spacial score (nSPS) is 15.9. The number of benzene rings is 1. The molecule has 1 unspecified atom stereocenters. The first-order valence-corrected chi connectivity index (χ1v) is 10.5. The predicted octanol–water partition coefficient (Wildman–Crippen LogP) is 4.46. The maximum atomic E-state index is 12.8. The van der Waals surface area contributed by atoms with Crippen molar-refractivity contribution in [1.29, 1.82) is 0 Å². The minimum absolute atomic E-state index is 0.0843. The van der Waals surface area contributed by atoms with Crippen molar-refractivity contribution in [1.82, 2.24) is 15.2 Å². The second-order valence-electron chi connectivity index (χ2n) is 6.93. The van der Waals surface area contributed by atoms with E-state index in [4.69, 9.17) is 0 Å². The topological polar surface area (TPSA) is 61.9 Å². The molecule has 0 spiro atoms. The first kappa shape index (κ1) is 19.0. The molecule has 1 fully saturated rings. The quantitative estimate of drug-likeness (QED) is 0.695. The number of rotatable bonds is 8. The van der Waals surface area contributed by atoms with E-state index in [-0.39, 0.29) is 11.2 Å². The maximum Gasteiger partial charge on any atom is 0.240 e. The van der Waals surface area contributed by atoms with E-state index >= 15 is 0 Å². The molecule has 0 radical (unpaired) electrons. The SMILES string of the molecule is CCN(C(=O)C(C)Sc1n[nH]c(CCC2CCCC2)n1)c1ccccc1. The molecule has 3 rings (SSSR count). The lowest BCUT2D eigenvalue weighted by atomic mass is 10.0. The first-order chi connectivity index (χ1) is 12.7. The van der Waals surface area contributed by atoms with Crippen LogP contribution in [0.25, 0.3) is 0 Å². The highest BCUT2D eigenvalue weighted by atomic mass is 32.2. The van der Waals surface area contributed by atoms with Crippen molar-refractivity contribution in [2.24, 2.45) is 5.92 Å². The monoisotopic (exact) mass is 372 g/mol. The van der Waals surface area contributed by atoms with E-state index in [2.05, 4.69) is 15.2 Å². The van der Waals surface area contributed by atoms with Crippen molar-refractivity contribution in [2.75, 3.05) is 11.4 Å². The molecule has 0 aliphatic heterocycles. The fourth-order valence-corrected chi connectivity index (χ4v) is 4.39. The molecular weight excluding hydrogens is 344 g/mol. The number of aromatic nitrogens is 3. The van der Waals surface area contributed by atoms with Gasteiger partial charge in [-0.15, -0.1) is 5.10 Å². The van der Waals surface area contributed by atoms with E-state index in [0.717, 1.165) is 23.9 Å². The van der Waals surface area contributed by atoms with Gasteiger partial charge in [0.05, 0.1) is 5.25 Å². The number of anilines is 1. The van der Waals surface area contributed by atoms with Crippen LogP contribution in [0.2, 0.25) is 0 Å². The number of amides is 1. The van der Waals surface area contributed by atoms with Gasteiger partial charge in [-0.05, 0) is 38.3 Å². The van der Waals surface area contributed by atoms with Crippen LogP contribution in [0.15, 0.2) is 35.5 Å². The van der Waals surface area contributed by atoms with Crippen molar-refractivity contribution in [3.63, 3.8) is 0 Å². The van der Waals surface area contributed by atoms with Crippen molar-refractivity contribution in [3.05, 3.63) is 36.2 Å². The number of nitrogens with zero attached hydrogens (tertiary/aromatic N) is 3. The highest BCUT2D eigenvalue weighted by Gasteiger charge is 2.23. The zero-order valence-electron chi connectivity index (χ0n) is 15.6. The minimum Gasteiger partial charge on any atom is -0.312 e. The van der Waals surface area contributed by atoms with Gasteiger partial charge in [0.2, 0.25) is 11.1 Å². The number of para-hydroxylation sites is 1. The Morgan fingerprint density at radius 3 is 2.73 bits per heavy atom. The van der Waals surface area contributed by atoms with Crippen LogP contribution in [0, 0.1) is 5.92 Å². The molecule has 0 bridgehead atoms. The number of aryl methyl sites for hydroxylation is 1. The molecule has 26 heavy (non-hydrogen) atoms. The van der Waals surface area contributed by atoms with Crippen LogP contribution in [0.1, 0.15) is 51.8 Å². The molecule has 140 valence electrons. The van der Waals surface area contributed by atoms with Gasteiger partial charge in [0.15, 0.2) is 0 Å². The molecule has 1 N–H and O–H groups in total. The van der Waals surface area contributed by atoms with Crippen LogP contribution in [0.4, 0.5) is 5.69 Å². The molecule has 2 aromatic rings. The fourth-order valence-electron chi connectivity index (χ4n) is 3.58. The third-order valence-electron chi connectivity index (χ3n) is 5.06. The molecule has 5 nitrogen and oxygen atoms in total. The van der Waals surface area contributed by atoms with Crippen LogP contribution < -0.4 is 4.90 Å². The van der Waals surface area contributed by atoms with Crippen LogP contribution in [0.5, 0.6) is 0 Å². The molecule has 1 saturated carbocycles. The van der Waals surface area contributed by atoms with Crippen molar-refractivity contribution >= 4 is 23.4 Å². The molecule has 1 aliphatic carbocycles. The number of thioether (sulfide) groups is 1. The van der Waals surface area contributed by atoms with Crippen LogP contribution in [-0.2, 0) is 11.2 Å². The Morgan fingerprint density at radius 2 is 2.04 bits per heavy atom. The van der Waals surface area contributed by atoms with Crippen molar-refractivity contribution in [2.45, 2.75) is 62.8 Å². The molecule has 6 heteroatoms. The summed E-state index contributed by atoms with van der Waals surface area (Å²) in [6.45, 7) is 4.57. The Morgan fingerprint density at radius 1 is 1.31 bits per heavy atom. The average Bonchev–Trinajstić information content (AvgIpc) is 3.33. The van der Waals surface area contributed by atoms with E-state index in [0.29, 0.717) is 11.7 Å². The summed E-state index contributed by atoms with van der Waals surface area (Å²) in [6.07, 6.45) is 7.59. The Bertz CT molecular complexity index is 697. The molecule has 1 aromatic carbocycles. The summed E-state index contributed by atoms with van der Waals surface area (Å²) in [5.41, 5.74) is 0.930. The number of carbonyl (C=O) groups is 1. The van der Waals surface area contributed by atoms with E-state index in [1.54, 1.807) is 0 Å². The summed E-state index contributed by atoms with van der Waals surface area (Å²) in [5.74, 6) is 1.87. The predicted molar refractivity (Wildman–Crippen MR) is 106 cm³/mol. The Hall–Kier alpha value is -1.82. The van der Waals surface area contributed by atoms with Gasteiger partial charge in [0.1, 0.15) is 5.82 Å². The number of aromatic amines is 1. The van der Waals surface area contributed by atoms with Gasteiger partial charge in [-0.25, -0.2) is 4.98 Å². The lowest BCUT2D eigenvalue weighted by molar-refractivity contribution is -0.117. The Balaban J connectivity index is 1.55. The summed E-state index contributed by atoms with van der Waals surface area (Å²) >= 11 is 1.42. The van der Waals surface area contributed by atoms with Gasteiger partial charge in [-0.3, -0.25) is 9.89 Å². The van der Waals surface area contributed by atoms with Gasteiger partial charge in [0, 0.05) is 18.7 Å². The lowest BCUT2D eigenvalue weighted by Crippen LogP contribution is -2.36. The van der Waals surface area contributed by atoms with Gasteiger partial charge in [0.25, 0.3) is 0 Å². The number of nitrogens with one attached hydrogen (secondary N) is 1. The minimum atomic E-state index is -0.228. The smallest absolute Gasteiger partial charge is 0.240 e. The van der Waals surface area contributed by atoms with Crippen LogP contribution in [0.3, 0.4) is 0 Å². The van der Waals surface area contributed by atoms with Crippen molar-refractivity contribution < 1.29 is 4.79 Å². The van der Waals surface area contributed by atoms with E-state index < -0.39 is 0 Å². The van der Waals surface area contributed by atoms with Crippen LogP contribution in [-0.4, -0.2) is 32.9 Å². The van der Waals surface area contributed by atoms with Gasteiger partial charge in [-0.2, -0.15) is 0 Å². The highest BCUT2D eigenvalue weighted by Crippen LogP contribution is 2.29. The molecule has 1 aliphatic rings. The number of hydrogen-bond donors (Lipinski definition) is 1. The molecule has 1 heterocycles. The second kappa shape index (κ2) is 9.21. The summed E-state index contributed by atoms with van der Waals surface area (Å²) in [7, 11) is 0. The third-order valence-corrected chi connectivity index (χ3v) is 6.00. The van der Waals surface area contributed by atoms with E-state index in [1.165, 1.54) is 43.9 Å². The molecule has 1 amide bonds. The largest absolute Gasteiger partial charge is 0.312 e. The van der Waals surface area contributed by atoms with Gasteiger partial charge < -0.3 is 4.90 Å². The zero-order valence-corrected chi connectivity index (χ0v) is 16.5. The summed E-state index contributed by atoms with van der Waals surface area (Å²) in [6, 6.07) is 9.80. The first-order valence-electron chi connectivity index (χ1n) is 9.61. The van der Waals surface area contributed by atoms with E-state index in [9.17, 15) is 4.79 Å². The summed E-state index contributed by atoms with van der Waals surface area (Å²) < 4.78 is 0. The van der Waals surface area contributed by atoms with Crippen LogP contribution >= 0.6 is 11.8 Å². The van der Waals surface area contributed by atoms with Gasteiger partial charge >= 0.3 is 0 Å². The third kappa shape index (κ3) is 4.87. The van der Waals surface area contributed by atoms with E-state index in [1.807, 2.05) is 49.1 Å². The molecule has 1 aromatic heterocycles. The van der Waals surface area contributed by atoms with Crippen molar-refractivity contribution in [3.8, 4) is 0 Å². The average molecular weight is 373 g/mol. The summed E-state index contributed by atoms with van der Waals surface area (Å²) in [4.78, 5) is 19.2. The number of H-pyrrole nitrogens is 1. The molecule has 1 atom stereocenters. The standard InChI is InChI=1S/C20H28N4OS/c1-3-24(17-11-5-4-6-12-17)19(25)15(2)26-20-21-18(22-23-20)14-13-16-9-7-8-10-16/h4-6,11-12,15-16H,3,7-10,13-14H2,1-2H3,(H,21,22,23). The zero-order chi connectivity index (χ0) is 18.4. The summed E-state index contributed by atoms with van der Waals surface area (Å²) in [5, 5.41) is 7.78. The van der Waals surface area contributed by atoms with Gasteiger partial charge in [-0.1, -0.05) is 55.6 Å².